The zero-order valence-electron chi connectivity index (χ0n) is 12.5. The number of nitrogens with one attached hydrogen (secondary N) is 1. The highest BCUT2D eigenvalue weighted by Gasteiger charge is 2.14. The number of carbonyl (C=O) groups excluding carboxylic acids is 1. The zero-order chi connectivity index (χ0) is 16.1. The van der Waals surface area contributed by atoms with Crippen molar-refractivity contribution in [2.45, 2.75) is 6.04 Å². The Morgan fingerprint density at radius 2 is 1.87 bits per heavy atom. The van der Waals surface area contributed by atoms with Gasteiger partial charge in [0.25, 0.3) is 5.91 Å². The molecule has 116 valence electrons. The molecule has 5 nitrogen and oxygen atoms in total. The van der Waals surface area contributed by atoms with Crippen molar-refractivity contribution in [2.24, 2.45) is 0 Å². The third-order valence-electron chi connectivity index (χ3n) is 3.62. The maximum atomic E-state index is 12.3. The molecule has 1 heterocycles. The predicted molar refractivity (Wildman–Crippen MR) is 87.3 cm³/mol. The van der Waals surface area contributed by atoms with E-state index in [-0.39, 0.29) is 12.5 Å². The molecule has 0 aliphatic rings. The third-order valence-corrected chi connectivity index (χ3v) is 3.62. The molecule has 0 aliphatic heterocycles. The van der Waals surface area contributed by atoms with Gasteiger partial charge in [-0.25, -0.2) is 4.98 Å². The summed E-state index contributed by atoms with van der Waals surface area (Å²) in [6.45, 7) is -0.150. The van der Waals surface area contributed by atoms with Crippen LogP contribution in [0.1, 0.15) is 22.0 Å². The molecule has 3 rings (SSSR count). The van der Waals surface area contributed by atoms with E-state index in [1.54, 1.807) is 24.7 Å². The Kier molecular flexibility index (Phi) is 4.49. The first-order valence-corrected chi connectivity index (χ1v) is 7.33. The molecule has 1 aromatic heterocycles. The first kappa shape index (κ1) is 15.0. The second kappa shape index (κ2) is 6.89. The van der Waals surface area contributed by atoms with Crippen molar-refractivity contribution in [3.8, 4) is 5.69 Å². The van der Waals surface area contributed by atoms with Gasteiger partial charge in [-0.2, -0.15) is 0 Å². The maximum absolute atomic E-state index is 12.3. The molecule has 1 atom stereocenters. The largest absolute Gasteiger partial charge is 0.394 e. The van der Waals surface area contributed by atoms with Crippen molar-refractivity contribution >= 4 is 5.91 Å². The van der Waals surface area contributed by atoms with E-state index >= 15 is 0 Å². The lowest BCUT2D eigenvalue weighted by molar-refractivity contribution is 0.0916. The number of benzene rings is 2. The van der Waals surface area contributed by atoms with Gasteiger partial charge in [-0.1, -0.05) is 30.3 Å². The van der Waals surface area contributed by atoms with Crippen molar-refractivity contribution < 1.29 is 9.90 Å². The summed E-state index contributed by atoms with van der Waals surface area (Å²) >= 11 is 0. The van der Waals surface area contributed by atoms with E-state index in [0.717, 1.165) is 11.3 Å². The lowest BCUT2D eigenvalue weighted by Crippen LogP contribution is -2.30. The summed E-state index contributed by atoms with van der Waals surface area (Å²) in [4.78, 5) is 16.3. The first-order valence-electron chi connectivity index (χ1n) is 7.33. The monoisotopic (exact) mass is 307 g/mol. The fourth-order valence-corrected chi connectivity index (χ4v) is 2.36. The van der Waals surface area contributed by atoms with Gasteiger partial charge < -0.3 is 15.0 Å². The van der Waals surface area contributed by atoms with Crippen LogP contribution >= 0.6 is 0 Å². The van der Waals surface area contributed by atoms with Crippen LogP contribution in [0.4, 0.5) is 0 Å². The molecule has 0 saturated heterocycles. The van der Waals surface area contributed by atoms with Crippen molar-refractivity contribution in [2.75, 3.05) is 6.61 Å². The van der Waals surface area contributed by atoms with E-state index in [2.05, 4.69) is 10.3 Å². The lowest BCUT2D eigenvalue weighted by atomic mass is 10.1. The topological polar surface area (TPSA) is 67.2 Å². The van der Waals surface area contributed by atoms with Gasteiger partial charge in [0.05, 0.1) is 19.0 Å². The molecule has 0 aliphatic carbocycles. The van der Waals surface area contributed by atoms with Crippen LogP contribution < -0.4 is 5.32 Å². The number of aliphatic hydroxyl groups is 1. The number of hydrogen-bond acceptors (Lipinski definition) is 3. The number of imidazole rings is 1. The third kappa shape index (κ3) is 3.46. The van der Waals surface area contributed by atoms with Crippen LogP contribution in [0.25, 0.3) is 5.69 Å². The van der Waals surface area contributed by atoms with Crippen LogP contribution in [-0.4, -0.2) is 27.2 Å². The summed E-state index contributed by atoms with van der Waals surface area (Å²) in [5.41, 5.74) is 2.35. The van der Waals surface area contributed by atoms with E-state index in [1.807, 2.05) is 53.2 Å². The van der Waals surface area contributed by atoms with Gasteiger partial charge in [0.15, 0.2) is 0 Å². The van der Waals surface area contributed by atoms with E-state index < -0.39 is 6.04 Å². The van der Waals surface area contributed by atoms with Gasteiger partial charge >= 0.3 is 0 Å². The first-order chi connectivity index (χ1) is 11.3. The molecule has 0 spiro atoms. The molecule has 0 bridgehead atoms. The maximum Gasteiger partial charge on any atom is 0.251 e. The number of aromatic nitrogens is 2. The minimum atomic E-state index is -0.419. The second-order valence-electron chi connectivity index (χ2n) is 5.14. The summed E-state index contributed by atoms with van der Waals surface area (Å²) in [6.07, 6.45) is 5.24. The van der Waals surface area contributed by atoms with Gasteiger partial charge in [0, 0.05) is 23.6 Å². The molecule has 2 aromatic carbocycles. The molecule has 0 saturated carbocycles. The van der Waals surface area contributed by atoms with Crippen molar-refractivity contribution in [3.05, 3.63) is 84.4 Å². The summed E-state index contributed by atoms with van der Waals surface area (Å²) < 4.78 is 1.86. The molecule has 0 radical (unpaired) electrons. The highest BCUT2D eigenvalue weighted by atomic mass is 16.3. The van der Waals surface area contributed by atoms with Crippen molar-refractivity contribution in [1.82, 2.24) is 14.9 Å². The fraction of sp³-hybridized carbons (Fsp3) is 0.111. The smallest absolute Gasteiger partial charge is 0.251 e. The van der Waals surface area contributed by atoms with Crippen LogP contribution in [0.3, 0.4) is 0 Å². The Hall–Kier alpha value is -2.92. The molecular formula is C18H17N3O2. The van der Waals surface area contributed by atoms with Gasteiger partial charge in [0.1, 0.15) is 0 Å². The van der Waals surface area contributed by atoms with Crippen molar-refractivity contribution in [3.63, 3.8) is 0 Å². The van der Waals surface area contributed by atoms with E-state index in [1.165, 1.54) is 0 Å². The minimum absolute atomic E-state index is 0.150. The van der Waals surface area contributed by atoms with E-state index in [9.17, 15) is 9.90 Å². The molecular weight excluding hydrogens is 290 g/mol. The quantitative estimate of drug-likeness (QED) is 0.760. The van der Waals surface area contributed by atoms with Crippen LogP contribution in [0, 0.1) is 0 Å². The molecule has 1 amide bonds. The number of amides is 1. The Morgan fingerprint density at radius 1 is 1.13 bits per heavy atom. The standard InChI is InChI=1S/C18H17N3O2/c22-12-17(14-4-2-1-3-5-14)20-18(23)15-6-8-16(9-7-15)21-11-10-19-13-21/h1-11,13,17,22H,12H2,(H,20,23). The molecule has 5 heteroatoms. The number of carbonyl (C=O) groups is 1. The number of nitrogens with zero attached hydrogens (tertiary/aromatic N) is 2. The molecule has 0 fully saturated rings. The number of hydrogen-bond donors (Lipinski definition) is 2. The summed E-state index contributed by atoms with van der Waals surface area (Å²) in [6, 6.07) is 16.2. The Morgan fingerprint density at radius 3 is 2.48 bits per heavy atom. The second-order valence-corrected chi connectivity index (χ2v) is 5.14. The zero-order valence-corrected chi connectivity index (χ0v) is 12.5. The van der Waals surface area contributed by atoms with Crippen LogP contribution in [0.5, 0.6) is 0 Å². The number of rotatable bonds is 5. The minimum Gasteiger partial charge on any atom is -0.394 e. The van der Waals surface area contributed by atoms with E-state index in [0.29, 0.717) is 5.56 Å². The summed E-state index contributed by atoms with van der Waals surface area (Å²) in [5.74, 6) is -0.218. The van der Waals surface area contributed by atoms with Gasteiger partial charge in [-0.05, 0) is 29.8 Å². The molecule has 2 N–H and O–H groups in total. The van der Waals surface area contributed by atoms with Crippen LogP contribution in [0.15, 0.2) is 73.3 Å². The van der Waals surface area contributed by atoms with Gasteiger partial charge in [-0.15, -0.1) is 0 Å². The van der Waals surface area contributed by atoms with Gasteiger partial charge in [0.2, 0.25) is 0 Å². The van der Waals surface area contributed by atoms with Crippen LogP contribution in [0.2, 0.25) is 0 Å². The Balaban J connectivity index is 1.72. The lowest BCUT2D eigenvalue weighted by Gasteiger charge is -2.17. The molecule has 23 heavy (non-hydrogen) atoms. The van der Waals surface area contributed by atoms with Crippen LogP contribution in [-0.2, 0) is 0 Å². The normalized spacial score (nSPS) is 11.9. The highest BCUT2D eigenvalue weighted by Crippen LogP contribution is 2.14. The number of aliphatic hydroxyl groups excluding tert-OH is 1. The summed E-state index contributed by atoms with van der Waals surface area (Å²) in [5, 5.41) is 12.4. The predicted octanol–water partition coefficient (Wildman–Crippen LogP) is 2.34. The SMILES string of the molecule is O=C(NC(CO)c1ccccc1)c1ccc(-n2ccnc2)cc1. The van der Waals surface area contributed by atoms with Crippen molar-refractivity contribution in [1.29, 1.82) is 0 Å². The summed E-state index contributed by atoms with van der Waals surface area (Å²) in [7, 11) is 0. The van der Waals surface area contributed by atoms with Gasteiger partial charge in [-0.3, -0.25) is 4.79 Å². The Bertz CT molecular complexity index is 753. The highest BCUT2D eigenvalue weighted by molar-refractivity contribution is 5.94. The Labute approximate surface area is 134 Å². The average Bonchev–Trinajstić information content (AvgIpc) is 3.15. The van der Waals surface area contributed by atoms with E-state index in [4.69, 9.17) is 0 Å². The molecule has 3 aromatic rings. The average molecular weight is 307 g/mol. The molecule has 1 unspecified atom stereocenters. The fourth-order valence-electron chi connectivity index (χ4n) is 2.36.